The van der Waals surface area contributed by atoms with Gasteiger partial charge in [-0.25, -0.2) is 0 Å². The van der Waals surface area contributed by atoms with E-state index in [-0.39, 0.29) is 11.8 Å². The molecule has 2 N–H and O–H groups in total. The summed E-state index contributed by atoms with van der Waals surface area (Å²) in [7, 11) is -1.56. The van der Waals surface area contributed by atoms with Crippen molar-refractivity contribution < 1.29 is 19.1 Å². The molecule has 1 amide bonds. The summed E-state index contributed by atoms with van der Waals surface area (Å²) in [5, 5.41) is 11.5. The molecule has 1 aliphatic rings. The van der Waals surface area contributed by atoms with E-state index in [9.17, 15) is 9.59 Å². The Balaban J connectivity index is 2.12. The molecule has 0 aliphatic heterocycles. The summed E-state index contributed by atoms with van der Waals surface area (Å²) in [5.74, 6) is -1.74. The van der Waals surface area contributed by atoms with Crippen molar-refractivity contribution in [2.75, 3.05) is 13.2 Å². The zero-order valence-electron chi connectivity index (χ0n) is 11.4. The van der Waals surface area contributed by atoms with Crippen LogP contribution in [0, 0.1) is 11.8 Å². The second kappa shape index (κ2) is 6.33. The minimum atomic E-state index is -1.56. The molecule has 0 spiro atoms. The molecule has 0 heterocycles. The molecule has 18 heavy (non-hydrogen) atoms. The number of carbonyl (C=O) groups is 2. The monoisotopic (exact) mass is 273 g/mol. The molecule has 0 bridgehead atoms. The molecular weight excluding hydrogens is 250 g/mol. The van der Waals surface area contributed by atoms with E-state index in [1.807, 2.05) is 6.92 Å². The topological polar surface area (TPSA) is 75.6 Å². The van der Waals surface area contributed by atoms with E-state index in [1.54, 1.807) is 0 Å². The first kappa shape index (κ1) is 15.2. The molecule has 1 rings (SSSR count). The van der Waals surface area contributed by atoms with Crippen LogP contribution in [0.2, 0.25) is 19.1 Å². The summed E-state index contributed by atoms with van der Waals surface area (Å²) >= 11 is 0. The van der Waals surface area contributed by atoms with Crippen molar-refractivity contribution in [2.45, 2.75) is 38.9 Å². The first-order valence-corrected chi connectivity index (χ1v) is 9.63. The van der Waals surface area contributed by atoms with Gasteiger partial charge in [-0.2, -0.15) is 0 Å². The van der Waals surface area contributed by atoms with Crippen molar-refractivity contribution in [3.05, 3.63) is 0 Å². The summed E-state index contributed by atoms with van der Waals surface area (Å²) in [4.78, 5) is 22.2. The molecule has 0 aromatic rings. The van der Waals surface area contributed by atoms with Gasteiger partial charge in [-0.05, 0) is 38.9 Å². The van der Waals surface area contributed by atoms with Crippen LogP contribution >= 0.6 is 0 Å². The smallest absolute Gasteiger partial charge is 0.307 e. The number of rotatable bonds is 8. The molecule has 1 aliphatic carbocycles. The molecule has 0 aromatic carbocycles. The lowest BCUT2D eigenvalue weighted by atomic mass is 10.3. The predicted molar refractivity (Wildman–Crippen MR) is 70.8 cm³/mol. The van der Waals surface area contributed by atoms with Crippen LogP contribution in [0.15, 0.2) is 0 Å². The molecular formula is C12H23NO4Si. The number of aliphatic carboxylic acids is 1. The Labute approximate surface area is 109 Å². The van der Waals surface area contributed by atoms with Gasteiger partial charge in [0.15, 0.2) is 8.32 Å². The zero-order chi connectivity index (χ0) is 13.8. The third kappa shape index (κ3) is 4.78. The molecule has 0 saturated heterocycles. The average molecular weight is 273 g/mol. The largest absolute Gasteiger partial charge is 0.481 e. The summed E-state index contributed by atoms with van der Waals surface area (Å²) < 4.78 is 5.69. The Morgan fingerprint density at radius 2 is 2.06 bits per heavy atom. The van der Waals surface area contributed by atoms with Gasteiger partial charge in [-0.15, -0.1) is 0 Å². The van der Waals surface area contributed by atoms with Crippen LogP contribution in [0.5, 0.6) is 0 Å². The van der Waals surface area contributed by atoms with Crippen LogP contribution in [0.1, 0.15) is 19.8 Å². The molecule has 0 aromatic heterocycles. The number of carboxylic acid groups (broad SMARTS) is 1. The van der Waals surface area contributed by atoms with Crippen LogP contribution in [0.3, 0.4) is 0 Å². The van der Waals surface area contributed by atoms with E-state index < -0.39 is 20.2 Å². The SMILES string of the molecule is CCO[Si](C)(C)CCCNC(=O)C1CC1C(=O)O. The Morgan fingerprint density at radius 3 is 2.56 bits per heavy atom. The van der Waals surface area contributed by atoms with Gasteiger partial charge >= 0.3 is 5.97 Å². The van der Waals surface area contributed by atoms with Crippen LogP contribution in [-0.4, -0.2) is 38.5 Å². The lowest BCUT2D eigenvalue weighted by Gasteiger charge is -2.21. The quantitative estimate of drug-likeness (QED) is 0.518. The highest BCUT2D eigenvalue weighted by Crippen LogP contribution is 2.38. The van der Waals surface area contributed by atoms with Crippen LogP contribution < -0.4 is 5.32 Å². The van der Waals surface area contributed by atoms with Gasteiger partial charge in [0.25, 0.3) is 0 Å². The summed E-state index contributed by atoms with van der Waals surface area (Å²) in [6.07, 6.45) is 1.38. The second-order valence-corrected chi connectivity index (χ2v) is 9.68. The zero-order valence-corrected chi connectivity index (χ0v) is 12.4. The first-order valence-electron chi connectivity index (χ1n) is 6.52. The van der Waals surface area contributed by atoms with Gasteiger partial charge in [0, 0.05) is 13.2 Å². The fourth-order valence-electron chi connectivity index (χ4n) is 2.08. The normalized spacial score (nSPS) is 22.6. The van der Waals surface area contributed by atoms with E-state index in [2.05, 4.69) is 18.4 Å². The number of carboxylic acids is 1. The molecule has 104 valence electrons. The van der Waals surface area contributed by atoms with Crippen molar-refractivity contribution in [3.8, 4) is 0 Å². The predicted octanol–water partition coefficient (Wildman–Crippen LogP) is 1.45. The average Bonchev–Trinajstić information content (AvgIpc) is 3.03. The number of hydrogen-bond donors (Lipinski definition) is 2. The summed E-state index contributed by atoms with van der Waals surface area (Å²) in [6.45, 7) is 7.69. The maximum Gasteiger partial charge on any atom is 0.307 e. The molecule has 0 radical (unpaired) electrons. The van der Waals surface area contributed by atoms with Crippen molar-refractivity contribution in [1.29, 1.82) is 0 Å². The summed E-state index contributed by atoms with van der Waals surface area (Å²) in [6, 6.07) is 1.01. The highest BCUT2D eigenvalue weighted by Gasteiger charge is 2.48. The van der Waals surface area contributed by atoms with Gasteiger partial charge in [-0.3, -0.25) is 9.59 Å². The Bertz CT molecular complexity index is 319. The fraction of sp³-hybridized carbons (Fsp3) is 0.833. The standard InChI is InChI=1S/C12H23NO4Si/c1-4-17-18(2,3)7-5-6-13-11(14)9-8-10(9)12(15)16/h9-10H,4-8H2,1-3H3,(H,13,14)(H,15,16). The van der Waals surface area contributed by atoms with Crippen LogP contribution in [0.25, 0.3) is 0 Å². The number of nitrogens with one attached hydrogen (secondary N) is 1. The summed E-state index contributed by atoms with van der Waals surface area (Å²) in [5.41, 5.74) is 0. The Kier molecular flexibility index (Phi) is 5.34. The van der Waals surface area contributed by atoms with Crippen molar-refractivity contribution in [2.24, 2.45) is 11.8 Å². The van der Waals surface area contributed by atoms with Crippen molar-refractivity contribution in [3.63, 3.8) is 0 Å². The van der Waals surface area contributed by atoms with E-state index in [1.165, 1.54) is 0 Å². The lowest BCUT2D eigenvalue weighted by Crippen LogP contribution is -2.33. The van der Waals surface area contributed by atoms with E-state index in [4.69, 9.17) is 9.53 Å². The van der Waals surface area contributed by atoms with E-state index in [0.29, 0.717) is 13.0 Å². The van der Waals surface area contributed by atoms with Crippen molar-refractivity contribution >= 4 is 20.2 Å². The lowest BCUT2D eigenvalue weighted by molar-refractivity contribution is -0.140. The highest BCUT2D eigenvalue weighted by molar-refractivity contribution is 6.71. The molecule has 6 heteroatoms. The van der Waals surface area contributed by atoms with Crippen LogP contribution in [0.4, 0.5) is 0 Å². The maximum absolute atomic E-state index is 11.6. The number of amides is 1. The fourth-order valence-corrected chi connectivity index (χ4v) is 4.03. The minimum absolute atomic E-state index is 0.113. The van der Waals surface area contributed by atoms with Gasteiger partial charge in [-0.1, -0.05) is 0 Å². The van der Waals surface area contributed by atoms with Gasteiger partial charge in [0.05, 0.1) is 11.8 Å². The molecule has 2 unspecified atom stereocenters. The molecule has 2 atom stereocenters. The highest BCUT2D eigenvalue weighted by atomic mass is 28.4. The number of carbonyl (C=O) groups excluding carboxylic acids is 1. The molecule has 5 nitrogen and oxygen atoms in total. The number of hydrogen-bond acceptors (Lipinski definition) is 3. The van der Waals surface area contributed by atoms with Gasteiger partial charge < -0.3 is 14.8 Å². The van der Waals surface area contributed by atoms with Crippen molar-refractivity contribution in [1.82, 2.24) is 5.32 Å². The van der Waals surface area contributed by atoms with Gasteiger partial charge in [0.1, 0.15) is 0 Å². The molecule has 1 saturated carbocycles. The van der Waals surface area contributed by atoms with Crippen LogP contribution in [-0.2, 0) is 14.0 Å². The van der Waals surface area contributed by atoms with E-state index >= 15 is 0 Å². The third-order valence-electron chi connectivity index (χ3n) is 3.23. The minimum Gasteiger partial charge on any atom is -0.481 e. The van der Waals surface area contributed by atoms with Gasteiger partial charge in [0.2, 0.25) is 5.91 Å². The Morgan fingerprint density at radius 1 is 1.39 bits per heavy atom. The third-order valence-corrected chi connectivity index (χ3v) is 5.86. The Hall–Kier alpha value is -0.883. The molecule has 1 fully saturated rings. The van der Waals surface area contributed by atoms with E-state index in [0.717, 1.165) is 19.1 Å². The second-order valence-electron chi connectivity index (χ2n) is 5.37. The maximum atomic E-state index is 11.6. The first-order chi connectivity index (χ1) is 8.37.